The van der Waals surface area contributed by atoms with Gasteiger partial charge in [0.25, 0.3) is 0 Å². The van der Waals surface area contributed by atoms with Gasteiger partial charge in [-0.2, -0.15) is 0 Å². The van der Waals surface area contributed by atoms with E-state index in [0.29, 0.717) is 0 Å². The van der Waals surface area contributed by atoms with Gasteiger partial charge < -0.3 is 5.32 Å². The summed E-state index contributed by atoms with van der Waals surface area (Å²) in [5.74, 6) is 2.85. The number of amidine groups is 1. The number of hydrogen-bond donors (Lipinski definition) is 1. The maximum absolute atomic E-state index is 4.17. The van der Waals surface area contributed by atoms with Gasteiger partial charge in [0.15, 0.2) is 0 Å². The van der Waals surface area contributed by atoms with Gasteiger partial charge in [-0.05, 0) is 12.3 Å². The number of nitrogens with zero attached hydrogens (tertiary/aromatic N) is 1. The van der Waals surface area contributed by atoms with E-state index < -0.39 is 0 Å². The molecule has 0 unspecified atom stereocenters. The normalized spacial score (nSPS) is 32.1. The highest BCUT2D eigenvalue weighted by atomic mass is 15.0. The van der Waals surface area contributed by atoms with Gasteiger partial charge in [0.2, 0.25) is 0 Å². The molecule has 58 valence electrons. The van der Waals surface area contributed by atoms with Gasteiger partial charge in [-0.1, -0.05) is 13.3 Å². The minimum atomic E-state index is 0.750. The van der Waals surface area contributed by atoms with E-state index in [1.54, 1.807) is 0 Å². The molecule has 0 radical (unpaired) electrons. The van der Waals surface area contributed by atoms with Crippen LogP contribution in [0.1, 0.15) is 19.8 Å². The Morgan fingerprint density at radius 2 is 2.40 bits per heavy atom. The molecule has 0 aliphatic heterocycles. The third-order valence-electron chi connectivity index (χ3n) is 2.30. The number of hydrogen-bond acceptors (Lipinski definition) is 1. The molecule has 1 fully saturated rings. The number of aliphatic imine (C=N–C) groups is 1. The zero-order chi connectivity index (χ0) is 7.56. The van der Waals surface area contributed by atoms with Gasteiger partial charge in [0, 0.05) is 20.0 Å². The minimum Gasteiger partial charge on any atom is -0.377 e. The number of nitrogens with one attached hydrogen (secondary N) is 1. The predicted molar refractivity (Wildman–Crippen MR) is 44.3 cm³/mol. The van der Waals surface area contributed by atoms with Crippen LogP contribution in [0.25, 0.3) is 0 Å². The summed E-state index contributed by atoms with van der Waals surface area (Å²) >= 11 is 0. The maximum atomic E-state index is 4.17. The Kier molecular flexibility index (Phi) is 2.30. The van der Waals surface area contributed by atoms with E-state index >= 15 is 0 Å². The van der Waals surface area contributed by atoms with Crippen molar-refractivity contribution in [3.8, 4) is 0 Å². The Morgan fingerprint density at radius 1 is 1.70 bits per heavy atom. The van der Waals surface area contributed by atoms with Crippen molar-refractivity contribution in [1.82, 2.24) is 5.32 Å². The summed E-state index contributed by atoms with van der Waals surface area (Å²) in [6.07, 6.45) is 2.63. The molecule has 0 saturated heterocycles. The fourth-order valence-electron chi connectivity index (χ4n) is 1.50. The first kappa shape index (κ1) is 7.58. The van der Waals surface area contributed by atoms with Gasteiger partial charge in [0.1, 0.15) is 0 Å². The first-order valence-corrected chi connectivity index (χ1v) is 3.97. The predicted octanol–water partition coefficient (Wildman–Crippen LogP) is 1.28. The molecule has 0 heterocycles. The quantitative estimate of drug-likeness (QED) is 0.453. The van der Waals surface area contributed by atoms with Crippen molar-refractivity contribution in [2.24, 2.45) is 16.8 Å². The Morgan fingerprint density at radius 3 is 2.70 bits per heavy atom. The highest BCUT2D eigenvalue weighted by molar-refractivity contribution is 5.86. The average Bonchev–Trinajstić information content (AvgIpc) is 2.70. The molecule has 0 spiro atoms. The van der Waals surface area contributed by atoms with Crippen LogP contribution in [0.2, 0.25) is 0 Å². The van der Waals surface area contributed by atoms with Crippen LogP contribution in [0, 0.1) is 11.8 Å². The van der Waals surface area contributed by atoms with E-state index in [-0.39, 0.29) is 0 Å². The lowest BCUT2D eigenvalue weighted by Gasteiger charge is -2.01. The van der Waals surface area contributed by atoms with Crippen LogP contribution in [0.15, 0.2) is 4.99 Å². The van der Waals surface area contributed by atoms with Crippen molar-refractivity contribution in [2.45, 2.75) is 19.8 Å². The molecule has 2 nitrogen and oxygen atoms in total. The highest BCUT2D eigenvalue weighted by Gasteiger charge is 2.38. The second-order valence-corrected chi connectivity index (χ2v) is 2.87. The lowest BCUT2D eigenvalue weighted by molar-refractivity contribution is 0.759. The molecule has 0 amide bonds. The summed E-state index contributed by atoms with van der Waals surface area (Å²) in [4.78, 5) is 4.17. The molecule has 1 rings (SSSR count). The summed E-state index contributed by atoms with van der Waals surface area (Å²) in [5.41, 5.74) is 0. The van der Waals surface area contributed by atoms with E-state index in [9.17, 15) is 0 Å². The molecule has 10 heavy (non-hydrogen) atoms. The van der Waals surface area contributed by atoms with Crippen molar-refractivity contribution in [2.75, 3.05) is 14.1 Å². The summed E-state index contributed by atoms with van der Waals surface area (Å²) in [6.45, 7) is 2.24. The lowest BCUT2D eigenvalue weighted by atomic mass is 10.2. The Labute approximate surface area is 62.7 Å². The molecular formula is C8H16N2. The maximum Gasteiger partial charge on any atom is 0.0991 e. The Balaban J connectivity index is 2.37. The second kappa shape index (κ2) is 3.04. The van der Waals surface area contributed by atoms with Crippen LogP contribution in [0.4, 0.5) is 0 Å². The van der Waals surface area contributed by atoms with Crippen LogP contribution in [-0.2, 0) is 0 Å². The monoisotopic (exact) mass is 140 g/mol. The topological polar surface area (TPSA) is 24.4 Å². The highest BCUT2D eigenvalue weighted by Crippen LogP contribution is 2.41. The van der Waals surface area contributed by atoms with Gasteiger partial charge >= 0.3 is 0 Å². The third kappa shape index (κ3) is 1.31. The van der Waals surface area contributed by atoms with Gasteiger partial charge in [-0.25, -0.2) is 0 Å². The van der Waals surface area contributed by atoms with E-state index in [1.165, 1.54) is 18.7 Å². The summed E-state index contributed by atoms with van der Waals surface area (Å²) in [7, 11) is 3.81. The molecule has 1 N–H and O–H groups in total. The summed E-state index contributed by atoms with van der Waals surface area (Å²) in [5, 5.41) is 3.13. The van der Waals surface area contributed by atoms with Gasteiger partial charge in [-0.3, -0.25) is 4.99 Å². The van der Waals surface area contributed by atoms with E-state index in [2.05, 4.69) is 17.2 Å². The second-order valence-electron chi connectivity index (χ2n) is 2.87. The third-order valence-corrected chi connectivity index (χ3v) is 2.30. The smallest absolute Gasteiger partial charge is 0.0991 e. The van der Waals surface area contributed by atoms with Crippen LogP contribution in [0.5, 0.6) is 0 Å². The van der Waals surface area contributed by atoms with Crippen LogP contribution in [0.3, 0.4) is 0 Å². The van der Waals surface area contributed by atoms with E-state index in [0.717, 1.165) is 11.8 Å². The molecule has 0 bridgehead atoms. The average molecular weight is 140 g/mol. The number of rotatable bonds is 2. The zero-order valence-corrected chi connectivity index (χ0v) is 7.02. The van der Waals surface area contributed by atoms with Gasteiger partial charge in [-0.15, -0.1) is 0 Å². The SMILES string of the molecule is CC[C@@H]1C[C@@H]1C(=NC)NC. The summed E-state index contributed by atoms with van der Waals surface area (Å²) < 4.78 is 0. The lowest BCUT2D eigenvalue weighted by Crippen LogP contribution is -2.20. The molecule has 2 atom stereocenters. The standard InChI is InChI=1S/C8H16N2/c1-4-6-5-7(6)8(9-2)10-3/h6-7H,4-5H2,1-3H3,(H,9,10)/t6-,7+/m1/s1. The van der Waals surface area contributed by atoms with Gasteiger partial charge in [0.05, 0.1) is 5.84 Å². The Hall–Kier alpha value is -0.530. The molecule has 0 aromatic rings. The van der Waals surface area contributed by atoms with Crippen molar-refractivity contribution in [1.29, 1.82) is 0 Å². The molecule has 2 heteroatoms. The molecule has 1 aliphatic rings. The van der Waals surface area contributed by atoms with E-state index in [4.69, 9.17) is 0 Å². The molecular weight excluding hydrogens is 124 g/mol. The zero-order valence-electron chi connectivity index (χ0n) is 7.02. The Bertz CT molecular complexity index is 140. The first-order chi connectivity index (χ1) is 4.83. The fourth-order valence-corrected chi connectivity index (χ4v) is 1.50. The van der Waals surface area contributed by atoms with Crippen LogP contribution in [-0.4, -0.2) is 19.9 Å². The summed E-state index contributed by atoms with van der Waals surface area (Å²) in [6, 6.07) is 0. The van der Waals surface area contributed by atoms with Crippen molar-refractivity contribution >= 4 is 5.84 Å². The van der Waals surface area contributed by atoms with Crippen LogP contribution >= 0.6 is 0 Å². The molecule has 0 aromatic carbocycles. The van der Waals surface area contributed by atoms with Crippen molar-refractivity contribution in [3.63, 3.8) is 0 Å². The molecule has 1 saturated carbocycles. The largest absolute Gasteiger partial charge is 0.377 e. The molecule has 1 aliphatic carbocycles. The minimum absolute atomic E-state index is 0.750. The fraction of sp³-hybridized carbons (Fsp3) is 0.875. The van der Waals surface area contributed by atoms with Crippen LogP contribution < -0.4 is 5.32 Å². The molecule has 0 aromatic heterocycles. The first-order valence-electron chi connectivity index (χ1n) is 3.97. The van der Waals surface area contributed by atoms with E-state index in [1.807, 2.05) is 14.1 Å². The van der Waals surface area contributed by atoms with Crippen molar-refractivity contribution < 1.29 is 0 Å². The van der Waals surface area contributed by atoms with Crippen molar-refractivity contribution in [3.05, 3.63) is 0 Å².